The van der Waals surface area contributed by atoms with Crippen LogP contribution in [0.15, 0.2) is 0 Å². The molecule has 0 heterocycles. The molecule has 0 aliphatic rings. The van der Waals surface area contributed by atoms with Crippen molar-refractivity contribution in [3.05, 3.63) is 6.92 Å². The molecule has 4 nitrogen and oxygen atoms in total. The van der Waals surface area contributed by atoms with Crippen molar-refractivity contribution in [1.82, 2.24) is 0 Å². The van der Waals surface area contributed by atoms with Crippen LogP contribution in [0, 0.1) is 12.8 Å². The average Bonchev–Trinajstić information content (AvgIpc) is 1.82. The number of aliphatic hydroxyl groups excluding tert-OH is 1. The van der Waals surface area contributed by atoms with Gasteiger partial charge in [0, 0.05) is 0 Å². The average molecular weight is 174 g/mol. The lowest BCUT2D eigenvalue weighted by molar-refractivity contribution is -0.161. The largest absolute Gasteiger partial charge is 0.460 e. The van der Waals surface area contributed by atoms with Crippen LogP contribution in [-0.4, -0.2) is 22.9 Å². The second-order valence-corrected chi connectivity index (χ2v) is 3.63. The Morgan fingerprint density at radius 1 is 1.58 bits per heavy atom. The number of rotatable bonds is 2. The maximum absolute atomic E-state index is 11.1. The van der Waals surface area contributed by atoms with Crippen LogP contribution in [0.25, 0.3) is 0 Å². The van der Waals surface area contributed by atoms with Crippen LogP contribution in [0.4, 0.5) is 0 Å². The van der Waals surface area contributed by atoms with Gasteiger partial charge < -0.3 is 15.6 Å². The third-order valence-corrected chi connectivity index (χ3v) is 1.12. The first-order valence-corrected chi connectivity index (χ1v) is 3.73. The molecule has 0 aromatic heterocycles. The second-order valence-electron chi connectivity index (χ2n) is 3.63. The zero-order chi connectivity index (χ0) is 9.94. The van der Waals surface area contributed by atoms with Gasteiger partial charge in [-0.05, 0) is 27.7 Å². The third-order valence-electron chi connectivity index (χ3n) is 1.12. The number of ether oxygens (including phenoxy) is 1. The molecule has 0 amide bonds. The number of hydrogen-bond donors (Lipinski definition) is 2. The zero-order valence-corrected chi connectivity index (χ0v) is 7.70. The standard InChI is InChI=1S/C8H16NO3/c1-5(6(9)10)7(11)12-8(2,3)4/h5-6,10H,1,9H2,2-4H3. The predicted octanol–water partition coefficient (Wildman–Crippen LogP) is 0.0555. The van der Waals surface area contributed by atoms with E-state index in [1.165, 1.54) is 0 Å². The van der Waals surface area contributed by atoms with E-state index < -0.39 is 23.7 Å². The minimum absolute atomic E-state index is 0.568. The van der Waals surface area contributed by atoms with Gasteiger partial charge in [0.25, 0.3) is 0 Å². The predicted molar refractivity (Wildman–Crippen MR) is 44.9 cm³/mol. The van der Waals surface area contributed by atoms with E-state index >= 15 is 0 Å². The first-order valence-electron chi connectivity index (χ1n) is 3.73. The highest BCUT2D eigenvalue weighted by Crippen LogP contribution is 2.11. The summed E-state index contributed by atoms with van der Waals surface area (Å²) in [4.78, 5) is 11.1. The SMILES string of the molecule is [CH2]C(C(=O)OC(C)(C)C)C(N)O. The van der Waals surface area contributed by atoms with Gasteiger partial charge in [0.05, 0.1) is 5.92 Å². The lowest BCUT2D eigenvalue weighted by Gasteiger charge is -2.22. The molecule has 0 fully saturated rings. The van der Waals surface area contributed by atoms with Crippen LogP contribution in [0.1, 0.15) is 20.8 Å². The van der Waals surface area contributed by atoms with Crippen molar-refractivity contribution in [3.63, 3.8) is 0 Å². The quantitative estimate of drug-likeness (QED) is 0.458. The van der Waals surface area contributed by atoms with Gasteiger partial charge in [-0.15, -0.1) is 0 Å². The van der Waals surface area contributed by atoms with Crippen molar-refractivity contribution in [2.75, 3.05) is 0 Å². The van der Waals surface area contributed by atoms with Crippen molar-refractivity contribution >= 4 is 5.97 Å². The summed E-state index contributed by atoms with van der Waals surface area (Å²) in [5, 5.41) is 8.80. The first kappa shape index (κ1) is 11.4. The molecular formula is C8H16NO3. The minimum atomic E-state index is -1.26. The molecule has 0 spiro atoms. The van der Waals surface area contributed by atoms with Crippen LogP contribution in [0.3, 0.4) is 0 Å². The highest BCUT2D eigenvalue weighted by molar-refractivity contribution is 5.74. The fourth-order valence-electron chi connectivity index (χ4n) is 0.517. The van der Waals surface area contributed by atoms with E-state index in [-0.39, 0.29) is 0 Å². The van der Waals surface area contributed by atoms with Crippen LogP contribution in [0.2, 0.25) is 0 Å². The summed E-state index contributed by atoms with van der Waals surface area (Å²) in [5.74, 6) is -1.51. The van der Waals surface area contributed by atoms with Crippen molar-refractivity contribution in [2.24, 2.45) is 11.7 Å². The van der Waals surface area contributed by atoms with E-state index in [1.807, 2.05) is 0 Å². The van der Waals surface area contributed by atoms with Crippen molar-refractivity contribution in [1.29, 1.82) is 0 Å². The van der Waals surface area contributed by atoms with Crippen LogP contribution in [-0.2, 0) is 9.53 Å². The molecule has 12 heavy (non-hydrogen) atoms. The van der Waals surface area contributed by atoms with Crippen LogP contribution >= 0.6 is 0 Å². The monoisotopic (exact) mass is 174 g/mol. The van der Waals surface area contributed by atoms with E-state index in [2.05, 4.69) is 6.92 Å². The molecule has 0 saturated carbocycles. The van der Waals surface area contributed by atoms with Crippen molar-refractivity contribution < 1.29 is 14.6 Å². The third kappa shape index (κ3) is 4.31. The van der Waals surface area contributed by atoms with E-state index in [9.17, 15) is 4.79 Å². The number of carbonyl (C=O) groups excluding carboxylic acids is 1. The van der Waals surface area contributed by atoms with E-state index in [0.717, 1.165) is 0 Å². The summed E-state index contributed by atoms with van der Waals surface area (Å²) < 4.78 is 4.92. The van der Waals surface area contributed by atoms with Gasteiger partial charge in [-0.2, -0.15) is 0 Å². The van der Waals surface area contributed by atoms with Crippen molar-refractivity contribution in [2.45, 2.75) is 32.6 Å². The highest BCUT2D eigenvalue weighted by Gasteiger charge is 2.24. The summed E-state index contributed by atoms with van der Waals surface area (Å²) in [6.45, 7) is 8.58. The Morgan fingerprint density at radius 2 is 2.00 bits per heavy atom. The number of esters is 1. The van der Waals surface area contributed by atoms with E-state index in [0.29, 0.717) is 0 Å². The molecule has 0 bridgehead atoms. The lowest BCUT2D eigenvalue weighted by atomic mass is 10.1. The summed E-state index contributed by atoms with van der Waals surface area (Å²) in [6.07, 6.45) is -1.26. The summed E-state index contributed by atoms with van der Waals surface area (Å²) in [6, 6.07) is 0. The number of hydrogen-bond acceptors (Lipinski definition) is 4. The summed E-state index contributed by atoms with van der Waals surface area (Å²) in [7, 11) is 0. The molecule has 0 aliphatic carbocycles. The number of carbonyl (C=O) groups is 1. The highest BCUT2D eigenvalue weighted by atomic mass is 16.6. The molecule has 3 N–H and O–H groups in total. The lowest BCUT2D eigenvalue weighted by Crippen LogP contribution is -2.37. The molecular weight excluding hydrogens is 158 g/mol. The maximum atomic E-state index is 11.1. The second kappa shape index (κ2) is 3.87. The Kier molecular flexibility index (Phi) is 3.67. The Labute approximate surface area is 72.7 Å². The molecule has 0 rings (SSSR count). The fraction of sp³-hybridized carbons (Fsp3) is 0.750. The number of aliphatic hydroxyl groups is 1. The van der Waals surface area contributed by atoms with Crippen LogP contribution in [0.5, 0.6) is 0 Å². The Balaban J connectivity index is 4.05. The smallest absolute Gasteiger partial charge is 0.313 e. The Morgan fingerprint density at radius 3 is 2.25 bits per heavy atom. The van der Waals surface area contributed by atoms with Gasteiger partial charge in [-0.3, -0.25) is 4.79 Å². The maximum Gasteiger partial charge on any atom is 0.313 e. The summed E-state index contributed by atoms with van der Waals surface area (Å²) in [5.41, 5.74) is 4.48. The summed E-state index contributed by atoms with van der Waals surface area (Å²) >= 11 is 0. The van der Waals surface area contributed by atoms with Gasteiger partial charge in [-0.1, -0.05) is 0 Å². The van der Waals surface area contributed by atoms with Gasteiger partial charge >= 0.3 is 5.97 Å². The molecule has 71 valence electrons. The Hall–Kier alpha value is -0.610. The normalized spacial score (nSPS) is 16.8. The molecule has 2 atom stereocenters. The van der Waals surface area contributed by atoms with E-state index in [4.69, 9.17) is 15.6 Å². The molecule has 1 radical (unpaired) electrons. The molecule has 0 aromatic carbocycles. The van der Waals surface area contributed by atoms with Gasteiger partial charge in [-0.25, -0.2) is 0 Å². The fourth-order valence-corrected chi connectivity index (χ4v) is 0.517. The molecule has 2 unspecified atom stereocenters. The van der Waals surface area contributed by atoms with Gasteiger partial charge in [0.15, 0.2) is 0 Å². The number of nitrogens with two attached hydrogens (primary N) is 1. The van der Waals surface area contributed by atoms with Crippen molar-refractivity contribution in [3.8, 4) is 0 Å². The molecule has 0 aliphatic heterocycles. The molecule has 0 aromatic rings. The molecule has 0 saturated heterocycles. The molecule has 4 heteroatoms. The Bertz CT molecular complexity index is 160. The zero-order valence-electron chi connectivity index (χ0n) is 7.70. The van der Waals surface area contributed by atoms with E-state index in [1.54, 1.807) is 20.8 Å². The topological polar surface area (TPSA) is 72.5 Å². The minimum Gasteiger partial charge on any atom is -0.460 e. The van der Waals surface area contributed by atoms with Gasteiger partial charge in [0.2, 0.25) is 0 Å². The first-order chi connectivity index (χ1) is 5.24. The van der Waals surface area contributed by atoms with Crippen LogP contribution < -0.4 is 5.73 Å². The van der Waals surface area contributed by atoms with Gasteiger partial charge in [0.1, 0.15) is 11.8 Å².